The second-order valence-electron chi connectivity index (χ2n) is 4.96. The van der Waals surface area contributed by atoms with Gasteiger partial charge in [0.25, 0.3) is 0 Å². The first-order valence-electron chi connectivity index (χ1n) is 5.54. The zero-order valence-electron chi connectivity index (χ0n) is 9.01. The molecule has 0 aromatic rings. The Balaban J connectivity index is 1.87. The maximum atomic E-state index is 11.1. The summed E-state index contributed by atoms with van der Waals surface area (Å²) in [5.41, 5.74) is -0.00813. The Morgan fingerprint density at radius 1 is 1.57 bits per heavy atom. The highest BCUT2D eigenvalue weighted by Gasteiger charge is 2.37. The van der Waals surface area contributed by atoms with Crippen LogP contribution in [0.1, 0.15) is 46.0 Å². The third-order valence-corrected chi connectivity index (χ3v) is 3.34. The molecule has 2 saturated heterocycles. The van der Waals surface area contributed by atoms with E-state index in [2.05, 4.69) is 19.2 Å². The first-order chi connectivity index (χ1) is 6.57. The van der Waals surface area contributed by atoms with Gasteiger partial charge in [0, 0.05) is 12.0 Å². The van der Waals surface area contributed by atoms with Crippen molar-refractivity contribution in [2.45, 2.75) is 63.7 Å². The van der Waals surface area contributed by atoms with Crippen molar-refractivity contribution in [1.29, 1.82) is 0 Å². The summed E-state index contributed by atoms with van der Waals surface area (Å²) in [7, 11) is 0. The fourth-order valence-corrected chi connectivity index (χ4v) is 2.54. The van der Waals surface area contributed by atoms with Crippen LogP contribution >= 0.6 is 0 Å². The Morgan fingerprint density at radius 2 is 2.36 bits per heavy atom. The van der Waals surface area contributed by atoms with Crippen LogP contribution < -0.4 is 5.32 Å². The molecule has 3 heteroatoms. The Hall–Kier alpha value is -0.570. The van der Waals surface area contributed by atoms with Crippen LogP contribution in [0.4, 0.5) is 0 Å². The minimum absolute atomic E-state index is 0.00813. The Labute approximate surface area is 85.2 Å². The maximum Gasteiger partial charge on any atom is 0.220 e. The molecule has 0 aromatic heterocycles. The number of carbonyl (C=O) groups excluding carboxylic acids is 1. The van der Waals surface area contributed by atoms with E-state index >= 15 is 0 Å². The molecule has 14 heavy (non-hydrogen) atoms. The van der Waals surface area contributed by atoms with Gasteiger partial charge in [0.1, 0.15) is 0 Å². The van der Waals surface area contributed by atoms with E-state index < -0.39 is 0 Å². The van der Waals surface area contributed by atoms with Crippen molar-refractivity contribution in [2.24, 2.45) is 0 Å². The molecule has 2 fully saturated rings. The highest BCUT2D eigenvalue weighted by molar-refractivity contribution is 5.79. The maximum absolute atomic E-state index is 11.1. The summed E-state index contributed by atoms with van der Waals surface area (Å²) in [6.45, 7) is 4.25. The molecule has 3 nitrogen and oxygen atoms in total. The van der Waals surface area contributed by atoms with Gasteiger partial charge in [-0.1, -0.05) is 0 Å². The van der Waals surface area contributed by atoms with Gasteiger partial charge in [-0.15, -0.1) is 0 Å². The van der Waals surface area contributed by atoms with Gasteiger partial charge < -0.3 is 10.1 Å². The van der Waals surface area contributed by atoms with Crippen LogP contribution in [0.2, 0.25) is 0 Å². The van der Waals surface area contributed by atoms with E-state index in [1.165, 1.54) is 0 Å². The lowest BCUT2D eigenvalue weighted by Gasteiger charge is -2.27. The predicted molar refractivity (Wildman–Crippen MR) is 54.0 cm³/mol. The second-order valence-corrected chi connectivity index (χ2v) is 4.96. The number of rotatable bonds is 2. The van der Waals surface area contributed by atoms with Crippen molar-refractivity contribution in [3.63, 3.8) is 0 Å². The smallest absolute Gasteiger partial charge is 0.220 e. The average Bonchev–Trinajstić information content (AvgIpc) is 2.60. The zero-order valence-corrected chi connectivity index (χ0v) is 9.01. The van der Waals surface area contributed by atoms with Gasteiger partial charge in [-0.05, 0) is 39.5 Å². The van der Waals surface area contributed by atoms with E-state index in [0.29, 0.717) is 18.6 Å². The molecule has 0 saturated carbocycles. The van der Waals surface area contributed by atoms with Gasteiger partial charge in [0.15, 0.2) is 0 Å². The predicted octanol–water partition coefficient (Wildman–Crippen LogP) is 1.61. The fourth-order valence-electron chi connectivity index (χ4n) is 2.54. The van der Waals surface area contributed by atoms with Crippen molar-refractivity contribution in [1.82, 2.24) is 5.32 Å². The van der Waals surface area contributed by atoms with Crippen LogP contribution in [0, 0.1) is 0 Å². The first kappa shape index (κ1) is 9.97. The van der Waals surface area contributed by atoms with E-state index in [-0.39, 0.29) is 11.4 Å². The van der Waals surface area contributed by atoms with E-state index in [4.69, 9.17) is 4.74 Å². The molecule has 3 atom stereocenters. The van der Waals surface area contributed by atoms with E-state index in [9.17, 15) is 4.79 Å². The van der Waals surface area contributed by atoms with E-state index in [1.807, 2.05) is 0 Å². The second kappa shape index (κ2) is 3.54. The van der Waals surface area contributed by atoms with Crippen LogP contribution in [-0.4, -0.2) is 23.7 Å². The Kier molecular flexibility index (Phi) is 2.52. The molecule has 3 unspecified atom stereocenters. The molecule has 0 radical (unpaired) electrons. The topological polar surface area (TPSA) is 38.3 Å². The van der Waals surface area contributed by atoms with Gasteiger partial charge in [-0.2, -0.15) is 0 Å². The highest BCUT2D eigenvalue weighted by Crippen LogP contribution is 2.31. The number of carbonyl (C=O) groups is 1. The molecule has 2 aliphatic heterocycles. The van der Waals surface area contributed by atoms with Gasteiger partial charge in [-0.3, -0.25) is 4.79 Å². The van der Waals surface area contributed by atoms with Gasteiger partial charge in [-0.25, -0.2) is 0 Å². The molecule has 0 spiro atoms. The van der Waals surface area contributed by atoms with Crippen molar-refractivity contribution in [2.75, 3.05) is 0 Å². The lowest BCUT2D eigenvalue weighted by Crippen LogP contribution is -2.41. The van der Waals surface area contributed by atoms with Crippen LogP contribution in [0.25, 0.3) is 0 Å². The van der Waals surface area contributed by atoms with E-state index in [0.717, 1.165) is 25.7 Å². The highest BCUT2D eigenvalue weighted by atomic mass is 16.5. The normalized spacial score (nSPS) is 42.9. The zero-order chi connectivity index (χ0) is 10.2. The minimum atomic E-state index is -0.00813. The van der Waals surface area contributed by atoms with Crippen LogP contribution in [-0.2, 0) is 9.53 Å². The monoisotopic (exact) mass is 197 g/mol. The Morgan fingerprint density at radius 3 is 2.86 bits per heavy atom. The molecule has 1 N–H and O–H groups in total. The van der Waals surface area contributed by atoms with Crippen molar-refractivity contribution in [3.05, 3.63) is 0 Å². The lowest BCUT2D eigenvalue weighted by molar-refractivity contribution is -0.119. The molecule has 0 bridgehead atoms. The van der Waals surface area contributed by atoms with Crippen molar-refractivity contribution in [3.8, 4) is 0 Å². The van der Waals surface area contributed by atoms with Crippen LogP contribution in [0.3, 0.4) is 0 Å². The molecule has 0 aliphatic carbocycles. The van der Waals surface area contributed by atoms with Crippen molar-refractivity contribution < 1.29 is 9.53 Å². The van der Waals surface area contributed by atoms with Crippen LogP contribution in [0.15, 0.2) is 0 Å². The molecule has 0 aromatic carbocycles. The minimum Gasteiger partial charge on any atom is -0.375 e. The summed E-state index contributed by atoms with van der Waals surface area (Å²) < 4.78 is 5.77. The summed E-state index contributed by atoms with van der Waals surface area (Å²) in [6.07, 6.45) is 5.68. The van der Waals surface area contributed by atoms with Crippen LogP contribution in [0.5, 0.6) is 0 Å². The molecule has 2 aliphatic rings. The number of amides is 1. The van der Waals surface area contributed by atoms with Gasteiger partial charge in [0.2, 0.25) is 5.91 Å². The number of hydrogen-bond donors (Lipinski definition) is 1. The Bertz CT molecular complexity index is 241. The first-order valence-corrected chi connectivity index (χ1v) is 5.54. The summed E-state index contributed by atoms with van der Waals surface area (Å²) in [4.78, 5) is 11.1. The quantitative estimate of drug-likeness (QED) is 0.730. The van der Waals surface area contributed by atoms with Gasteiger partial charge in [0.05, 0.1) is 12.2 Å². The lowest BCUT2D eigenvalue weighted by atomic mass is 9.92. The molecule has 1 amide bonds. The fraction of sp³-hybridized carbons (Fsp3) is 0.909. The summed E-state index contributed by atoms with van der Waals surface area (Å²) in [5.74, 6) is 0.193. The third kappa shape index (κ3) is 2.08. The number of nitrogens with one attached hydrogen (secondary N) is 1. The molecular formula is C11H19NO2. The molecular weight excluding hydrogens is 178 g/mol. The molecule has 80 valence electrons. The van der Waals surface area contributed by atoms with Crippen molar-refractivity contribution >= 4 is 5.91 Å². The molecule has 2 heterocycles. The average molecular weight is 197 g/mol. The molecule has 2 rings (SSSR count). The van der Waals surface area contributed by atoms with E-state index in [1.54, 1.807) is 0 Å². The summed E-state index contributed by atoms with van der Waals surface area (Å²) >= 11 is 0. The number of hydrogen-bond acceptors (Lipinski definition) is 2. The van der Waals surface area contributed by atoms with Gasteiger partial charge >= 0.3 is 0 Å². The SMILES string of the molecule is CC1CCC(CC2(C)CCC(=O)N2)O1. The number of ether oxygens (including phenoxy) is 1. The summed E-state index contributed by atoms with van der Waals surface area (Å²) in [6, 6.07) is 0. The largest absolute Gasteiger partial charge is 0.375 e. The standard InChI is InChI=1S/C11H19NO2/c1-8-3-4-9(14-8)7-11(2)6-5-10(13)12-11/h8-9H,3-7H2,1-2H3,(H,12,13). The summed E-state index contributed by atoms with van der Waals surface area (Å²) in [5, 5.41) is 3.05. The third-order valence-electron chi connectivity index (χ3n) is 3.34.